The molecule has 0 bridgehead atoms. The van der Waals surface area contributed by atoms with Crippen LogP contribution in [0.1, 0.15) is 5.56 Å². The van der Waals surface area contributed by atoms with Crippen LogP contribution in [0, 0.1) is 5.82 Å². The van der Waals surface area contributed by atoms with Crippen LogP contribution < -0.4 is 10.6 Å². The molecule has 0 atom stereocenters. The number of anilines is 2. The minimum absolute atomic E-state index is 0.0678. The summed E-state index contributed by atoms with van der Waals surface area (Å²) in [5, 5.41) is 12.0. The van der Waals surface area contributed by atoms with Gasteiger partial charge < -0.3 is 15.8 Å². The Hall–Kier alpha value is -2.34. The quantitative estimate of drug-likeness (QED) is 0.395. The summed E-state index contributed by atoms with van der Waals surface area (Å²) in [7, 11) is 1.63. The van der Waals surface area contributed by atoms with Crippen molar-refractivity contribution in [2.45, 2.75) is 0 Å². The number of pyridine rings is 1. The Labute approximate surface area is 120 Å². The van der Waals surface area contributed by atoms with E-state index in [2.05, 4.69) is 10.1 Å². The third kappa shape index (κ3) is 2.65. The van der Waals surface area contributed by atoms with Gasteiger partial charge in [0.05, 0.1) is 10.7 Å². The summed E-state index contributed by atoms with van der Waals surface area (Å²) < 4.78 is 13.9. The SMILES string of the molecule is CN(c1ccccc1/C(N)=N/O)c1ncc(Cl)cc1F. The van der Waals surface area contributed by atoms with Gasteiger partial charge in [0.2, 0.25) is 0 Å². The lowest BCUT2D eigenvalue weighted by molar-refractivity contribution is 0.318. The molecule has 1 heterocycles. The fraction of sp³-hybridized carbons (Fsp3) is 0.0769. The summed E-state index contributed by atoms with van der Waals surface area (Å²) in [6, 6.07) is 8.04. The molecule has 0 amide bonds. The highest BCUT2D eigenvalue weighted by molar-refractivity contribution is 6.30. The number of rotatable bonds is 3. The maximum absolute atomic E-state index is 13.9. The van der Waals surface area contributed by atoms with E-state index in [9.17, 15) is 4.39 Å². The Balaban J connectivity index is 2.51. The molecule has 0 saturated carbocycles. The van der Waals surface area contributed by atoms with Crippen molar-refractivity contribution < 1.29 is 9.60 Å². The van der Waals surface area contributed by atoms with E-state index in [1.165, 1.54) is 17.2 Å². The van der Waals surface area contributed by atoms with Crippen molar-refractivity contribution in [3.05, 3.63) is 52.9 Å². The van der Waals surface area contributed by atoms with Gasteiger partial charge in [-0.15, -0.1) is 0 Å². The molecule has 0 aliphatic carbocycles. The van der Waals surface area contributed by atoms with Crippen LogP contribution in [0.25, 0.3) is 0 Å². The van der Waals surface area contributed by atoms with Gasteiger partial charge >= 0.3 is 0 Å². The Morgan fingerprint density at radius 3 is 2.80 bits per heavy atom. The van der Waals surface area contributed by atoms with Gasteiger partial charge in [0, 0.05) is 18.8 Å². The van der Waals surface area contributed by atoms with Crippen LogP contribution in [0.5, 0.6) is 0 Å². The van der Waals surface area contributed by atoms with Crippen LogP contribution in [0.2, 0.25) is 5.02 Å². The third-order valence-electron chi connectivity index (χ3n) is 2.76. The van der Waals surface area contributed by atoms with E-state index in [1.54, 1.807) is 31.3 Å². The van der Waals surface area contributed by atoms with Gasteiger partial charge in [0.25, 0.3) is 0 Å². The zero-order valence-electron chi connectivity index (χ0n) is 10.6. The molecule has 0 fully saturated rings. The van der Waals surface area contributed by atoms with Crippen molar-refractivity contribution in [1.82, 2.24) is 4.98 Å². The normalized spacial score (nSPS) is 11.4. The average molecular weight is 295 g/mol. The third-order valence-corrected chi connectivity index (χ3v) is 2.96. The first-order valence-electron chi connectivity index (χ1n) is 5.66. The van der Waals surface area contributed by atoms with E-state index < -0.39 is 5.82 Å². The summed E-state index contributed by atoms with van der Waals surface area (Å²) in [6.45, 7) is 0. The second-order valence-corrected chi connectivity index (χ2v) is 4.46. The first kappa shape index (κ1) is 14.1. The van der Waals surface area contributed by atoms with Crippen LogP contribution in [-0.4, -0.2) is 23.1 Å². The van der Waals surface area contributed by atoms with E-state index in [0.717, 1.165) is 0 Å². The molecule has 0 aliphatic heterocycles. The summed E-state index contributed by atoms with van der Waals surface area (Å²) >= 11 is 5.68. The largest absolute Gasteiger partial charge is 0.409 e. The number of hydrogen-bond donors (Lipinski definition) is 2. The fourth-order valence-electron chi connectivity index (χ4n) is 1.80. The van der Waals surface area contributed by atoms with Gasteiger partial charge in [-0.05, 0) is 18.2 Å². The molecular formula is C13H12ClFN4O. The van der Waals surface area contributed by atoms with Crippen LogP contribution >= 0.6 is 11.6 Å². The maximum Gasteiger partial charge on any atom is 0.172 e. The first-order valence-corrected chi connectivity index (χ1v) is 6.04. The van der Waals surface area contributed by atoms with E-state index in [-0.39, 0.29) is 16.7 Å². The molecule has 0 unspecified atom stereocenters. The molecule has 0 saturated heterocycles. The first-order chi connectivity index (χ1) is 9.54. The highest BCUT2D eigenvalue weighted by Crippen LogP contribution is 2.28. The topological polar surface area (TPSA) is 74.7 Å². The summed E-state index contributed by atoms with van der Waals surface area (Å²) in [6.07, 6.45) is 1.35. The Bertz CT molecular complexity index is 663. The van der Waals surface area contributed by atoms with Crippen molar-refractivity contribution in [2.24, 2.45) is 10.9 Å². The number of amidine groups is 1. The molecule has 0 aliphatic rings. The molecule has 1 aromatic heterocycles. The average Bonchev–Trinajstić information content (AvgIpc) is 2.46. The van der Waals surface area contributed by atoms with E-state index in [0.29, 0.717) is 11.3 Å². The van der Waals surface area contributed by atoms with Crippen molar-refractivity contribution in [1.29, 1.82) is 0 Å². The van der Waals surface area contributed by atoms with Crippen LogP contribution in [0.15, 0.2) is 41.7 Å². The zero-order valence-corrected chi connectivity index (χ0v) is 11.3. The minimum atomic E-state index is -0.561. The van der Waals surface area contributed by atoms with E-state index in [1.807, 2.05) is 0 Å². The lowest BCUT2D eigenvalue weighted by Crippen LogP contribution is -2.20. The summed E-state index contributed by atoms with van der Waals surface area (Å²) in [5.74, 6) is -0.538. The number of nitrogens with two attached hydrogens (primary N) is 1. The molecule has 1 aromatic carbocycles. The zero-order chi connectivity index (χ0) is 14.7. The van der Waals surface area contributed by atoms with Gasteiger partial charge in [-0.1, -0.05) is 28.9 Å². The molecule has 104 valence electrons. The molecule has 2 aromatic rings. The second kappa shape index (κ2) is 5.75. The van der Waals surface area contributed by atoms with Gasteiger partial charge in [0.15, 0.2) is 17.5 Å². The van der Waals surface area contributed by atoms with E-state index >= 15 is 0 Å². The van der Waals surface area contributed by atoms with Crippen LogP contribution in [0.3, 0.4) is 0 Å². The molecule has 7 heteroatoms. The highest BCUT2D eigenvalue weighted by Gasteiger charge is 2.16. The van der Waals surface area contributed by atoms with Gasteiger partial charge in [-0.3, -0.25) is 0 Å². The minimum Gasteiger partial charge on any atom is -0.409 e. The Morgan fingerprint density at radius 2 is 2.15 bits per heavy atom. The van der Waals surface area contributed by atoms with Crippen LogP contribution in [0.4, 0.5) is 15.9 Å². The lowest BCUT2D eigenvalue weighted by Gasteiger charge is -2.21. The fourth-order valence-corrected chi connectivity index (χ4v) is 1.95. The number of hydrogen-bond acceptors (Lipinski definition) is 4. The van der Waals surface area contributed by atoms with Crippen molar-refractivity contribution in [3.63, 3.8) is 0 Å². The van der Waals surface area contributed by atoms with E-state index in [4.69, 9.17) is 22.5 Å². The Kier molecular flexibility index (Phi) is 4.05. The number of para-hydroxylation sites is 1. The number of oxime groups is 1. The molecule has 2 rings (SSSR count). The molecule has 0 radical (unpaired) electrons. The predicted molar refractivity (Wildman–Crippen MR) is 76.2 cm³/mol. The molecule has 20 heavy (non-hydrogen) atoms. The number of aromatic nitrogens is 1. The monoisotopic (exact) mass is 294 g/mol. The summed E-state index contributed by atoms with van der Waals surface area (Å²) in [5.41, 5.74) is 6.63. The Morgan fingerprint density at radius 1 is 1.45 bits per heavy atom. The van der Waals surface area contributed by atoms with Gasteiger partial charge in [0.1, 0.15) is 0 Å². The number of benzene rings is 1. The van der Waals surface area contributed by atoms with Gasteiger partial charge in [-0.2, -0.15) is 0 Å². The predicted octanol–water partition coefficient (Wildman–Crippen LogP) is 2.74. The standard InChI is InChI=1S/C13H12ClFN4O/c1-19(13-10(15)6-8(14)7-17-13)11-5-3-2-4-9(11)12(16)18-20/h2-7,20H,1H3,(H2,16,18). The molecule has 0 spiro atoms. The second-order valence-electron chi connectivity index (χ2n) is 4.02. The highest BCUT2D eigenvalue weighted by atomic mass is 35.5. The molecule has 3 N–H and O–H groups in total. The smallest absolute Gasteiger partial charge is 0.172 e. The van der Waals surface area contributed by atoms with Crippen molar-refractivity contribution in [2.75, 3.05) is 11.9 Å². The van der Waals surface area contributed by atoms with Gasteiger partial charge in [-0.25, -0.2) is 9.37 Å². The summed E-state index contributed by atoms with van der Waals surface area (Å²) in [4.78, 5) is 5.46. The molecule has 5 nitrogen and oxygen atoms in total. The van der Waals surface area contributed by atoms with Crippen LogP contribution in [-0.2, 0) is 0 Å². The number of halogens is 2. The van der Waals surface area contributed by atoms with Crippen molar-refractivity contribution >= 4 is 28.9 Å². The molecular weight excluding hydrogens is 283 g/mol. The maximum atomic E-state index is 13.9. The van der Waals surface area contributed by atoms with Crippen molar-refractivity contribution in [3.8, 4) is 0 Å². The number of nitrogens with zero attached hydrogens (tertiary/aromatic N) is 3. The lowest BCUT2D eigenvalue weighted by atomic mass is 10.1.